The van der Waals surface area contributed by atoms with Crippen molar-refractivity contribution in [3.05, 3.63) is 45.9 Å². The van der Waals surface area contributed by atoms with Gasteiger partial charge in [0.15, 0.2) is 0 Å². The van der Waals surface area contributed by atoms with Gasteiger partial charge in [0.1, 0.15) is 11.9 Å². The minimum Gasteiger partial charge on any atom is -0.383 e. The Labute approximate surface area is 140 Å². The van der Waals surface area contributed by atoms with Crippen molar-refractivity contribution < 1.29 is 5.11 Å². The van der Waals surface area contributed by atoms with Gasteiger partial charge in [-0.05, 0) is 54.1 Å². The van der Waals surface area contributed by atoms with Gasteiger partial charge in [0, 0.05) is 5.02 Å². The first-order chi connectivity index (χ1) is 10.3. The lowest BCUT2D eigenvalue weighted by atomic mass is 9.74. The molecule has 1 fully saturated rings. The molecule has 0 aliphatic heterocycles. The first-order valence-electron chi connectivity index (χ1n) is 7.44. The maximum atomic E-state index is 11.6. The Bertz CT molecular complexity index is 719. The van der Waals surface area contributed by atoms with Crippen molar-refractivity contribution in [3.8, 4) is 0 Å². The van der Waals surface area contributed by atoms with Crippen LogP contribution in [0.2, 0.25) is 5.02 Å². The number of aromatic amines is 1. The highest BCUT2D eigenvalue weighted by Gasteiger charge is 2.52. The van der Waals surface area contributed by atoms with Crippen molar-refractivity contribution in [2.75, 3.05) is 0 Å². The molecule has 1 saturated carbocycles. The zero-order chi connectivity index (χ0) is 16.0. The molecule has 1 heterocycles. The van der Waals surface area contributed by atoms with Crippen LogP contribution >= 0.6 is 23.8 Å². The molecule has 0 radical (unpaired) electrons. The lowest BCUT2D eigenvalue weighted by Crippen LogP contribution is -2.42. The fraction of sp³-hybridized carbons (Fsp3) is 0.500. The summed E-state index contributed by atoms with van der Waals surface area (Å²) in [5.41, 5.74) is -0.00832. The second-order valence-electron chi connectivity index (χ2n) is 6.56. The number of aliphatic hydroxyl groups is 1. The summed E-state index contributed by atoms with van der Waals surface area (Å²) < 4.78 is 2.16. The molecular weight excluding hydrogens is 318 g/mol. The van der Waals surface area contributed by atoms with E-state index in [0.717, 1.165) is 18.4 Å². The van der Waals surface area contributed by atoms with Crippen molar-refractivity contribution in [1.29, 1.82) is 0 Å². The van der Waals surface area contributed by atoms with Crippen LogP contribution in [-0.2, 0) is 12.1 Å². The van der Waals surface area contributed by atoms with Crippen molar-refractivity contribution in [1.82, 2.24) is 14.8 Å². The summed E-state index contributed by atoms with van der Waals surface area (Å²) in [5, 5.41) is 15.2. The summed E-state index contributed by atoms with van der Waals surface area (Å²) in [5.74, 6) is 0.0892. The van der Waals surface area contributed by atoms with E-state index >= 15 is 0 Å². The van der Waals surface area contributed by atoms with Gasteiger partial charge in [-0.3, -0.25) is 9.78 Å². The molecule has 1 aliphatic carbocycles. The van der Waals surface area contributed by atoms with E-state index < -0.39 is 5.60 Å². The Morgan fingerprint density at radius 3 is 2.59 bits per heavy atom. The van der Waals surface area contributed by atoms with Gasteiger partial charge < -0.3 is 5.11 Å². The summed E-state index contributed by atoms with van der Waals surface area (Å²) in [6.45, 7) is 4.69. The van der Waals surface area contributed by atoms with E-state index in [0.29, 0.717) is 16.3 Å². The molecule has 0 spiro atoms. The Morgan fingerprint density at radius 1 is 1.45 bits per heavy atom. The molecular formula is C16H20ClN3OS. The molecule has 2 atom stereocenters. The summed E-state index contributed by atoms with van der Waals surface area (Å²) in [6, 6.07) is 7.42. The van der Waals surface area contributed by atoms with E-state index in [1.807, 2.05) is 24.3 Å². The van der Waals surface area contributed by atoms with Crippen LogP contribution in [0, 0.1) is 16.1 Å². The van der Waals surface area contributed by atoms with Gasteiger partial charge in [-0.1, -0.05) is 37.6 Å². The summed E-state index contributed by atoms with van der Waals surface area (Å²) in [4.78, 5) is 4.04. The van der Waals surface area contributed by atoms with Crippen molar-refractivity contribution in [3.63, 3.8) is 0 Å². The number of nitrogens with zero attached hydrogens (tertiary/aromatic N) is 2. The van der Waals surface area contributed by atoms with Gasteiger partial charge in [0.2, 0.25) is 4.77 Å². The van der Waals surface area contributed by atoms with Crippen LogP contribution < -0.4 is 0 Å². The highest BCUT2D eigenvalue weighted by Crippen LogP contribution is 2.57. The SMILES string of the molecule is CC(C1(C)CC1)C(O)(Cn1[nH]cnc1=S)c1ccc(Cl)cc1. The van der Waals surface area contributed by atoms with Crippen molar-refractivity contribution in [2.24, 2.45) is 11.3 Å². The maximum Gasteiger partial charge on any atom is 0.215 e. The standard InChI is InChI=1S/C16H20ClN3OS/c1-11(15(2)7-8-15)16(21,9-20-14(22)18-10-19-20)12-3-5-13(17)6-4-12/h3-6,10-11,21H,7-9H2,1-2H3,(H,18,19,22). The van der Waals surface area contributed by atoms with Crippen LogP contribution in [0.5, 0.6) is 0 Å². The Morgan fingerprint density at radius 2 is 2.09 bits per heavy atom. The Balaban J connectivity index is 2.03. The van der Waals surface area contributed by atoms with Crippen LogP contribution in [0.4, 0.5) is 0 Å². The molecule has 1 aromatic carbocycles. The molecule has 2 aromatic rings. The number of benzene rings is 1. The molecule has 2 N–H and O–H groups in total. The van der Waals surface area contributed by atoms with Crippen LogP contribution in [0.15, 0.2) is 30.6 Å². The number of rotatable bonds is 5. The molecule has 6 heteroatoms. The predicted molar refractivity (Wildman–Crippen MR) is 89.3 cm³/mol. The Kier molecular flexibility index (Phi) is 3.91. The monoisotopic (exact) mass is 337 g/mol. The van der Waals surface area contributed by atoms with Crippen LogP contribution in [-0.4, -0.2) is 19.9 Å². The fourth-order valence-corrected chi connectivity index (χ4v) is 3.35. The summed E-state index contributed by atoms with van der Waals surface area (Å²) in [7, 11) is 0. The third-order valence-electron chi connectivity index (χ3n) is 5.16. The smallest absolute Gasteiger partial charge is 0.215 e. The van der Waals surface area contributed by atoms with Crippen LogP contribution in [0.25, 0.3) is 0 Å². The topological polar surface area (TPSA) is 53.8 Å². The van der Waals surface area contributed by atoms with E-state index in [1.165, 1.54) is 0 Å². The number of H-pyrrole nitrogens is 1. The lowest BCUT2D eigenvalue weighted by molar-refractivity contribution is -0.0611. The molecule has 22 heavy (non-hydrogen) atoms. The normalized spacial score (nSPS) is 20.4. The van der Waals surface area contributed by atoms with Crippen LogP contribution in [0.1, 0.15) is 32.3 Å². The molecule has 4 nitrogen and oxygen atoms in total. The number of aromatic nitrogens is 3. The van der Waals surface area contributed by atoms with Gasteiger partial charge >= 0.3 is 0 Å². The average molecular weight is 338 g/mol. The summed E-state index contributed by atoms with van der Waals surface area (Å²) in [6.07, 6.45) is 3.82. The number of hydrogen-bond donors (Lipinski definition) is 2. The van der Waals surface area contributed by atoms with Gasteiger partial charge in [0.25, 0.3) is 0 Å². The lowest BCUT2D eigenvalue weighted by Gasteiger charge is -2.38. The van der Waals surface area contributed by atoms with E-state index in [1.54, 1.807) is 11.0 Å². The van der Waals surface area contributed by atoms with Gasteiger partial charge in [-0.25, -0.2) is 4.98 Å². The maximum absolute atomic E-state index is 11.6. The van der Waals surface area contributed by atoms with Gasteiger partial charge in [-0.2, -0.15) is 0 Å². The second kappa shape index (κ2) is 5.48. The molecule has 0 amide bonds. The zero-order valence-electron chi connectivity index (χ0n) is 12.7. The molecule has 3 rings (SSSR count). The highest BCUT2D eigenvalue weighted by atomic mass is 35.5. The van der Waals surface area contributed by atoms with E-state index in [4.69, 9.17) is 23.8 Å². The zero-order valence-corrected chi connectivity index (χ0v) is 14.3. The highest BCUT2D eigenvalue weighted by molar-refractivity contribution is 7.71. The molecule has 0 bridgehead atoms. The Hall–Kier alpha value is -1.17. The average Bonchev–Trinajstić information content (AvgIpc) is 3.12. The van der Waals surface area contributed by atoms with Gasteiger partial charge in [-0.15, -0.1) is 0 Å². The third kappa shape index (κ3) is 2.73. The second-order valence-corrected chi connectivity index (χ2v) is 7.36. The molecule has 118 valence electrons. The third-order valence-corrected chi connectivity index (χ3v) is 5.74. The molecule has 1 aromatic heterocycles. The number of hydrogen-bond acceptors (Lipinski definition) is 3. The van der Waals surface area contributed by atoms with Crippen molar-refractivity contribution >= 4 is 23.8 Å². The molecule has 0 saturated heterocycles. The largest absolute Gasteiger partial charge is 0.383 e. The van der Waals surface area contributed by atoms with Gasteiger partial charge in [0.05, 0.1) is 6.54 Å². The quantitative estimate of drug-likeness (QED) is 0.813. The van der Waals surface area contributed by atoms with Crippen molar-refractivity contribution in [2.45, 2.75) is 38.8 Å². The van der Waals surface area contributed by atoms with E-state index in [9.17, 15) is 5.11 Å². The number of halogens is 1. The minimum absolute atomic E-state index is 0.0892. The fourth-order valence-electron chi connectivity index (χ4n) is 3.06. The first kappa shape index (κ1) is 15.7. The molecule has 1 aliphatic rings. The van der Waals surface area contributed by atoms with E-state index in [2.05, 4.69) is 23.9 Å². The predicted octanol–water partition coefficient (Wildman–Crippen LogP) is 3.92. The minimum atomic E-state index is -1.03. The summed E-state index contributed by atoms with van der Waals surface area (Å²) >= 11 is 11.2. The van der Waals surface area contributed by atoms with Crippen LogP contribution in [0.3, 0.4) is 0 Å². The molecule has 2 unspecified atom stereocenters. The van der Waals surface area contributed by atoms with E-state index in [-0.39, 0.29) is 11.3 Å². The number of nitrogens with one attached hydrogen (secondary N) is 1. The first-order valence-corrected chi connectivity index (χ1v) is 8.22.